The molecule has 2 heteroatoms. The molecule has 0 bridgehead atoms. The van der Waals surface area contributed by atoms with Crippen LogP contribution in [0.1, 0.15) is 11.1 Å². The van der Waals surface area contributed by atoms with Crippen molar-refractivity contribution in [2.45, 2.75) is 6.42 Å². The van der Waals surface area contributed by atoms with Gasteiger partial charge in [-0.25, -0.2) is 0 Å². The first-order chi connectivity index (χ1) is 6.45. The Balaban J connectivity index is 0.000000562. The van der Waals surface area contributed by atoms with Crippen molar-refractivity contribution in [1.82, 2.24) is 0 Å². The van der Waals surface area contributed by atoms with E-state index in [1.807, 2.05) is 0 Å². The van der Waals surface area contributed by atoms with Gasteiger partial charge in [-0.2, -0.15) is 0 Å². The Hall–Kier alpha value is -0.242. The summed E-state index contributed by atoms with van der Waals surface area (Å²) in [5.41, 5.74) is 5.75. The zero-order valence-electron chi connectivity index (χ0n) is 8.23. The number of benzene rings is 2. The molecule has 2 aromatic carbocycles. The minimum atomic E-state index is 0. The molecule has 0 unspecified atom stereocenters. The van der Waals surface area contributed by atoms with Crippen molar-refractivity contribution in [3.05, 3.63) is 59.7 Å². The number of hydrogen-bond donors (Lipinski definition) is 0. The van der Waals surface area contributed by atoms with Crippen LogP contribution < -0.4 is 0 Å². The molecule has 0 heterocycles. The van der Waals surface area contributed by atoms with Crippen LogP contribution in [-0.4, -0.2) is 41.0 Å². The Morgan fingerprint density at radius 1 is 0.667 bits per heavy atom. The number of rotatable bonds is 0. The van der Waals surface area contributed by atoms with Crippen LogP contribution in [-0.2, 0) is 6.42 Å². The summed E-state index contributed by atoms with van der Waals surface area (Å²) in [4.78, 5) is 0. The average molecular weight is 364 g/mol. The molecule has 0 aliphatic heterocycles. The molecule has 0 amide bonds. The van der Waals surface area contributed by atoms with Crippen LogP contribution in [0.3, 0.4) is 0 Å². The van der Waals surface area contributed by atoms with Crippen molar-refractivity contribution in [2.75, 3.05) is 0 Å². The Bertz CT molecular complexity index is 422. The van der Waals surface area contributed by atoms with Gasteiger partial charge in [0.2, 0.25) is 0 Å². The number of hydrogen-bond acceptors (Lipinski definition) is 0. The van der Waals surface area contributed by atoms with Crippen molar-refractivity contribution in [1.29, 1.82) is 0 Å². The molecule has 0 aromatic heterocycles. The van der Waals surface area contributed by atoms with Crippen LogP contribution in [0, 0.1) is 0 Å². The van der Waals surface area contributed by atoms with Gasteiger partial charge in [0.15, 0.2) is 0 Å². The minimum Gasteiger partial charge on any atom is -0.0619 e. The quantitative estimate of drug-likeness (QED) is 0.538. The molecule has 15 heavy (non-hydrogen) atoms. The third-order valence-corrected chi connectivity index (χ3v) is 2.71. The summed E-state index contributed by atoms with van der Waals surface area (Å²) in [5.74, 6) is 0. The second kappa shape index (κ2) is 5.20. The van der Waals surface area contributed by atoms with Gasteiger partial charge in [0, 0.05) is 41.0 Å². The van der Waals surface area contributed by atoms with E-state index in [0.717, 1.165) is 6.42 Å². The summed E-state index contributed by atoms with van der Waals surface area (Å²) < 4.78 is 0. The molecular formula is C13H10SeSn. The summed E-state index contributed by atoms with van der Waals surface area (Å²) in [5, 5.41) is 0. The maximum absolute atomic E-state index is 2.22. The van der Waals surface area contributed by atoms with Crippen LogP contribution in [0.2, 0.25) is 0 Å². The fourth-order valence-corrected chi connectivity index (χ4v) is 2.08. The molecule has 1 aliphatic carbocycles. The Morgan fingerprint density at radius 2 is 1.07 bits per heavy atom. The molecule has 0 spiro atoms. The predicted molar refractivity (Wildman–Crippen MR) is 66.2 cm³/mol. The van der Waals surface area contributed by atoms with Gasteiger partial charge in [-0.3, -0.25) is 0 Å². The minimum absolute atomic E-state index is 0. The van der Waals surface area contributed by atoms with E-state index in [-0.39, 0.29) is 41.0 Å². The van der Waals surface area contributed by atoms with E-state index in [9.17, 15) is 0 Å². The molecule has 0 fully saturated rings. The van der Waals surface area contributed by atoms with Crippen molar-refractivity contribution in [3.8, 4) is 11.1 Å². The molecule has 0 N–H and O–H groups in total. The summed E-state index contributed by atoms with van der Waals surface area (Å²) in [6, 6.07) is 17.3. The van der Waals surface area contributed by atoms with Gasteiger partial charge in [-0.05, 0) is 28.7 Å². The molecule has 0 atom stereocenters. The zero-order chi connectivity index (χ0) is 8.67. The molecule has 1 aliphatic rings. The fourth-order valence-electron chi connectivity index (χ4n) is 2.08. The largest absolute Gasteiger partial charge is 0.0619 e. The van der Waals surface area contributed by atoms with Gasteiger partial charge in [0.05, 0.1) is 0 Å². The maximum atomic E-state index is 2.22. The standard InChI is InChI=1S/C13H10.Se.Sn/c1-3-7-12-10(5-1)9-11-6-2-4-8-13(11)12;;/h1-8H,9H2;;. The van der Waals surface area contributed by atoms with E-state index in [0.29, 0.717) is 0 Å². The van der Waals surface area contributed by atoms with Gasteiger partial charge < -0.3 is 0 Å². The van der Waals surface area contributed by atoms with E-state index >= 15 is 0 Å². The van der Waals surface area contributed by atoms with Crippen LogP contribution >= 0.6 is 0 Å². The molecular weight excluding hydrogens is 354 g/mol. The van der Waals surface area contributed by atoms with Crippen molar-refractivity contribution in [3.63, 3.8) is 0 Å². The predicted octanol–water partition coefficient (Wildman–Crippen LogP) is 2.50. The maximum Gasteiger partial charge on any atom is 0 e. The normalized spacial score (nSPS) is 10.7. The first-order valence-electron chi connectivity index (χ1n) is 4.61. The van der Waals surface area contributed by atoms with Gasteiger partial charge in [0.1, 0.15) is 0 Å². The first-order valence-corrected chi connectivity index (χ1v) is 4.61. The Kier molecular flexibility index (Phi) is 4.44. The molecule has 0 nitrogen and oxygen atoms in total. The first kappa shape index (κ1) is 12.8. The SMILES string of the molecule is [Se].[Sn].c1ccc2c(c1)Cc1ccccc1-2. The van der Waals surface area contributed by atoms with Crippen molar-refractivity contribution in [2.24, 2.45) is 0 Å². The molecule has 0 saturated heterocycles. The smallest absolute Gasteiger partial charge is 0 e. The third kappa shape index (κ3) is 2.15. The second-order valence-electron chi connectivity index (χ2n) is 3.49. The summed E-state index contributed by atoms with van der Waals surface area (Å²) >= 11 is 0. The average Bonchev–Trinajstić information content (AvgIpc) is 2.56. The van der Waals surface area contributed by atoms with Crippen LogP contribution in [0.5, 0.6) is 0 Å². The topological polar surface area (TPSA) is 0 Å². The Labute approximate surface area is 118 Å². The van der Waals surface area contributed by atoms with Crippen molar-refractivity contribution >= 4 is 41.0 Å². The second-order valence-corrected chi connectivity index (χ2v) is 3.49. The van der Waals surface area contributed by atoms with Gasteiger partial charge in [-0.1, -0.05) is 48.5 Å². The molecule has 72 valence electrons. The Morgan fingerprint density at radius 3 is 1.53 bits per heavy atom. The zero-order valence-corrected chi connectivity index (χ0v) is 12.8. The summed E-state index contributed by atoms with van der Waals surface area (Å²) in [6.45, 7) is 0. The molecule has 2 aromatic rings. The van der Waals surface area contributed by atoms with Crippen molar-refractivity contribution < 1.29 is 0 Å². The van der Waals surface area contributed by atoms with Gasteiger partial charge in [-0.15, -0.1) is 0 Å². The molecule has 0 saturated carbocycles. The van der Waals surface area contributed by atoms with Crippen LogP contribution in [0.4, 0.5) is 0 Å². The molecule has 3 rings (SSSR count). The number of fused-ring (bicyclic) bond motifs is 3. The van der Waals surface area contributed by atoms with E-state index in [1.54, 1.807) is 0 Å². The van der Waals surface area contributed by atoms with E-state index < -0.39 is 0 Å². The fraction of sp³-hybridized carbons (Fsp3) is 0.0769. The summed E-state index contributed by atoms with van der Waals surface area (Å²) in [6.07, 6.45) is 1.10. The monoisotopic (exact) mass is 366 g/mol. The van der Waals surface area contributed by atoms with E-state index in [2.05, 4.69) is 48.5 Å². The van der Waals surface area contributed by atoms with Crippen LogP contribution in [0.25, 0.3) is 11.1 Å². The van der Waals surface area contributed by atoms with Gasteiger partial charge in [0.25, 0.3) is 0 Å². The third-order valence-electron chi connectivity index (χ3n) is 2.71. The molecule has 6 radical (unpaired) electrons. The van der Waals surface area contributed by atoms with Gasteiger partial charge >= 0.3 is 0 Å². The van der Waals surface area contributed by atoms with E-state index in [1.165, 1.54) is 22.3 Å². The summed E-state index contributed by atoms with van der Waals surface area (Å²) in [7, 11) is 0. The van der Waals surface area contributed by atoms with E-state index in [4.69, 9.17) is 0 Å². The van der Waals surface area contributed by atoms with Crippen LogP contribution in [0.15, 0.2) is 48.5 Å².